The summed E-state index contributed by atoms with van der Waals surface area (Å²) in [4.78, 5) is 0.132. The highest BCUT2D eigenvalue weighted by Crippen LogP contribution is 2.24. The number of rotatable bonds is 4. The maximum Gasteiger partial charge on any atom is 0.243 e. The Morgan fingerprint density at radius 2 is 1.95 bits per heavy atom. The maximum atomic E-state index is 12.6. The van der Waals surface area contributed by atoms with Crippen LogP contribution in [0.5, 0.6) is 0 Å². The smallest absolute Gasteiger partial charge is 0.207 e. The van der Waals surface area contributed by atoms with E-state index >= 15 is 0 Å². The number of fused-ring (bicyclic) bond motifs is 1. The molecule has 2 aromatic carbocycles. The normalized spacial score (nSPS) is 13.4. The van der Waals surface area contributed by atoms with E-state index in [9.17, 15) is 8.42 Å². The van der Waals surface area contributed by atoms with Crippen LogP contribution in [0.2, 0.25) is 5.02 Å². The molecule has 1 heterocycles. The second kappa shape index (κ2) is 5.92. The topological polar surface area (TPSA) is 72.0 Å². The Morgan fingerprint density at radius 1 is 1.18 bits per heavy atom. The molecular formula is C14H12ClN3O2S2. The average molecular weight is 354 g/mol. The van der Waals surface area contributed by atoms with Crippen molar-refractivity contribution in [2.45, 2.75) is 17.9 Å². The van der Waals surface area contributed by atoms with Crippen LogP contribution in [0.25, 0.3) is 11.0 Å². The second-order valence-corrected chi connectivity index (χ2v) is 7.43. The average Bonchev–Trinajstić information content (AvgIpc) is 2.94. The minimum Gasteiger partial charge on any atom is -0.207 e. The first kappa shape index (κ1) is 15.4. The van der Waals surface area contributed by atoms with Gasteiger partial charge in [0.2, 0.25) is 10.0 Å². The fourth-order valence-electron chi connectivity index (χ4n) is 2.14. The largest absolute Gasteiger partial charge is 0.243 e. The van der Waals surface area contributed by atoms with Gasteiger partial charge in [0, 0.05) is 11.1 Å². The standard InChI is InChI=1S/C14H12ClN3O2S2/c1-9(10-4-2-5-11(15)8-10)18-22(19,20)13-7-3-6-12-14(13)17-21-16-12/h2-9,18H,1H3. The van der Waals surface area contributed by atoms with E-state index in [4.69, 9.17) is 11.6 Å². The van der Waals surface area contributed by atoms with Crippen LogP contribution in [0.15, 0.2) is 47.4 Å². The molecule has 0 spiro atoms. The molecule has 114 valence electrons. The van der Waals surface area contributed by atoms with Crippen molar-refractivity contribution in [3.05, 3.63) is 53.1 Å². The number of hydrogen-bond acceptors (Lipinski definition) is 5. The lowest BCUT2D eigenvalue weighted by Gasteiger charge is -2.15. The van der Waals surface area contributed by atoms with Gasteiger partial charge in [-0.25, -0.2) is 13.1 Å². The van der Waals surface area contributed by atoms with E-state index in [2.05, 4.69) is 13.5 Å². The van der Waals surface area contributed by atoms with Crippen molar-refractivity contribution in [3.63, 3.8) is 0 Å². The molecule has 1 atom stereocenters. The van der Waals surface area contributed by atoms with E-state index in [0.29, 0.717) is 16.1 Å². The van der Waals surface area contributed by atoms with Crippen LogP contribution in [0, 0.1) is 0 Å². The van der Waals surface area contributed by atoms with Crippen molar-refractivity contribution in [2.24, 2.45) is 0 Å². The number of aromatic nitrogens is 2. The fourth-order valence-corrected chi connectivity index (χ4v) is 4.34. The monoisotopic (exact) mass is 353 g/mol. The molecule has 0 saturated heterocycles. The molecular weight excluding hydrogens is 342 g/mol. The Kier molecular flexibility index (Phi) is 4.14. The molecule has 0 bridgehead atoms. The maximum absolute atomic E-state index is 12.6. The summed E-state index contributed by atoms with van der Waals surface area (Å²) in [5.41, 5.74) is 1.75. The highest BCUT2D eigenvalue weighted by atomic mass is 35.5. The zero-order chi connectivity index (χ0) is 15.7. The van der Waals surface area contributed by atoms with Gasteiger partial charge < -0.3 is 0 Å². The summed E-state index contributed by atoms with van der Waals surface area (Å²) in [7, 11) is -3.71. The molecule has 0 aliphatic heterocycles. The number of benzene rings is 2. The summed E-state index contributed by atoms with van der Waals surface area (Å²) in [6.07, 6.45) is 0. The number of halogens is 1. The van der Waals surface area contributed by atoms with Crippen LogP contribution in [-0.2, 0) is 10.0 Å². The Bertz CT molecular complexity index is 924. The number of hydrogen-bond donors (Lipinski definition) is 1. The van der Waals surface area contributed by atoms with Gasteiger partial charge in [-0.1, -0.05) is 29.8 Å². The van der Waals surface area contributed by atoms with Gasteiger partial charge in [-0.15, -0.1) is 0 Å². The Balaban J connectivity index is 1.95. The van der Waals surface area contributed by atoms with Gasteiger partial charge >= 0.3 is 0 Å². The summed E-state index contributed by atoms with van der Waals surface area (Å²) in [5.74, 6) is 0. The van der Waals surface area contributed by atoms with Gasteiger partial charge in [0.05, 0.1) is 11.7 Å². The van der Waals surface area contributed by atoms with Gasteiger partial charge in [0.25, 0.3) is 0 Å². The van der Waals surface area contributed by atoms with E-state index in [1.54, 1.807) is 37.3 Å². The minimum atomic E-state index is -3.71. The minimum absolute atomic E-state index is 0.132. The third-order valence-electron chi connectivity index (χ3n) is 3.22. The zero-order valence-electron chi connectivity index (χ0n) is 11.5. The molecule has 0 aliphatic rings. The van der Waals surface area contributed by atoms with Crippen molar-refractivity contribution < 1.29 is 8.42 Å². The lowest BCUT2D eigenvalue weighted by molar-refractivity contribution is 0.567. The quantitative estimate of drug-likeness (QED) is 0.780. The molecule has 22 heavy (non-hydrogen) atoms. The molecule has 8 heteroatoms. The van der Waals surface area contributed by atoms with E-state index in [-0.39, 0.29) is 4.90 Å². The van der Waals surface area contributed by atoms with E-state index < -0.39 is 16.1 Å². The SMILES string of the molecule is CC(NS(=O)(=O)c1cccc2nsnc12)c1cccc(Cl)c1. The number of sulfonamides is 1. The van der Waals surface area contributed by atoms with Gasteiger partial charge in [-0.3, -0.25) is 0 Å². The predicted molar refractivity (Wildman–Crippen MR) is 87.6 cm³/mol. The summed E-state index contributed by atoms with van der Waals surface area (Å²) in [6.45, 7) is 1.77. The molecule has 0 radical (unpaired) electrons. The van der Waals surface area contributed by atoms with Crippen molar-refractivity contribution in [1.29, 1.82) is 0 Å². The van der Waals surface area contributed by atoms with Crippen LogP contribution in [0.3, 0.4) is 0 Å². The molecule has 0 saturated carbocycles. The molecule has 3 aromatic rings. The lowest BCUT2D eigenvalue weighted by Crippen LogP contribution is -2.27. The summed E-state index contributed by atoms with van der Waals surface area (Å²) < 4.78 is 36.0. The van der Waals surface area contributed by atoms with Crippen LogP contribution in [-0.4, -0.2) is 17.2 Å². The first-order valence-electron chi connectivity index (χ1n) is 6.46. The highest BCUT2D eigenvalue weighted by Gasteiger charge is 2.22. The van der Waals surface area contributed by atoms with Gasteiger partial charge in [0.15, 0.2) is 0 Å². The molecule has 1 unspecified atom stereocenters. The summed E-state index contributed by atoms with van der Waals surface area (Å²) in [5, 5.41) is 0.564. The van der Waals surface area contributed by atoms with Gasteiger partial charge in [0.1, 0.15) is 15.9 Å². The Morgan fingerprint density at radius 3 is 2.73 bits per heavy atom. The fraction of sp³-hybridized carbons (Fsp3) is 0.143. The molecule has 0 aliphatic carbocycles. The van der Waals surface area contributed by atoms with Crippen LogP contribution < -0.4 is 4.72 Å². The molecule has 1 aromatic heterocycles. The predicted octanol–water partition coefficient (Wildman–Crippen LogP) is 3.38. The van der Waals surface area contributed by atoms with Crippen molar-refractivity contribution in [3.8, 4) is 0 Å². The summed E-state index contributed by atoms with van der Waals surface area (Å²) >= 11 is 6.94. The highest BCUT2D eigenvalue weighted by molar-refractivity contribution is 7.89. The Labute approximate surface area is 137 Å². The lowest BCUT2D eigenvalue weighted by atomic mass is 10.1. The van der Waals surface area contributed by atoms with Crippen LogP contribution >= 0.6 is 23.3 Å². The molecule has 1 N–H and O–H groups in total. The van der Waals surface area contributed by atoms with E-state index in [1.807, 2.05) is 6.07 Å². The molecule has 3 rings (SSSR count). The first-order chi connectivity index (χ1) is 10.5. The number of nitrogens with one attached hydrogen (secondary N) is 1. The summed E-state index contributed by atoms with van der Waals surface area (Å²) in [6, 6.07) is 11.6. The van der Waals surface area contributed by atoms with Crippen LogP contribution in [0.1, 0.15) is 18.5 Å². The first-order valence-corrected chi connectivity index (χ1v) is 9.05. The zero-order valence-corrected chi connectivity index (χ0v) is 13.9. The third kappa shape index (κ3) is 2.98. The molecule has 5 nitrogen and oxygen atoms in total. The Hall–Kier alpha value is -1.54. The van der Waals surface area contributed by atoms with Crippen molar-refractivity contribution in [1.82, 2.24) is 13.5 Å². The van der Waals surface area contributed by atoms with Gasteiger partial charge in [-0.2, -0.15) is 8.75 Å². The van der Waals surface area contributed by atoms with Gasteiger partial charge in [-0.05, 0) is 36.8 Å². The second-order valence-electron chi connectivity index (χ2n) is 4.79. The van der Waals surface area contributed by atoms with Crippen LogP contribution in [0.4, 0.5) is 0 Å². The number of nitrogens with zero attached hydrogens (tertiary/aromatic N) is 2. The van der Waals surface area contributed by atoms with Crippen molar-refractivity contribution >= 4 is 44.4 Å². The third-order valence-corrected chi connectivity index (χ3v) is 5.57. The van der Waals surface area contributed by atoms with Crippen molar-refractivity contribution in [2.75, 3.05) is 0 Å². The van der Waals surface area contributed by atoms with E-state index in [1.165, 1.54) is 6.07 Å². The van der Waals surface area contributed by atoms with E-state index in [0.717, 1.165) is 17.3 Å². The molecule has 0 amide bonds. The molecule has 0 fully saturated rings.